The van der Waals surface area contributed by atoms with Gasteiger partial charge in [-0.2, -0.15) is 0 Å². The van der Waals surface area contributed by atoms with Crippen molar-refractivity contribution in [2.75, 3.05) is 31.1 Å². The molecule has 0 saturated carbocycles. The molecule has 1 amide bonds. The van der Waals surface area contributed by atoms with E-state index < -0.39 is 0 Å². The summed E-state index contributed by atoms with van der Waals surface area (Å²) in [4.78, 5) is 16.8. The fourth-order valence-corrected chi connectivity index (χ4v) is 4.31. The van der Waals surface area contributed by atoms with Crippen molar-refractivity contribution in [1.82, 2.24) is 4.90 Å². The first-order chi connectivity index (χ1) is 14.7. The molecule has 30 heavy (non-hydrogen) atoms. The molecule has 1 heterocycles. The number of benzene rings is 3. The highest BCUT2D eigenvalue weighted by molar-refractivity contribution is 5.95. The van der Waals surface area contributed by atoms with E-state index in [0.29, 0.717) is 0 Å². The lowest BCUT2D eigenvalue weighted by molar-refractivity contribution is 0.0773. The second-order valence-corrected chi connectivity index (χ2v) is 7.89. The fourth-order valence-electron chi connectivity index (χ4n) is 4.31. The minimum Gasteiger partial charge on any atom is -0.370 e. The van der Waals surface area contributed by atoms with Crippen LogP contribution in [0.15, 0.2) is 72.3 Å². The van der Waals surface area contributed by atoms with Gasteiger partial charge in [-0.3, -0.25) is 4.79 Å². The summed E-state index contributed by atoms with van der Waals surface area (Å²) in [7, 11) is 0. The van der Waals surface area contributed by atoms with Gasteiger partial charge in [0.25, 0.3) is 5.91 Å². The molecular weight excluding hydrogens is 368 g/mol. The van der Waals surface area contributed by atoms with Crippen LogP contribution in [0, 0.1) is 0 Å². The van der Waals surface area contributed by atoms with Gasteiger partial charge in [-0.25, -0.2) is 0 Å². The highest BCUT2D eigenvalue weighted by atomic mass is 16.2. The van der Waals surface area contributed by atoms with Crippen LogP contribution in [-0.2, 0) is 0 Å². The Hall–Kier alpha value is -3.07. The molecule has 0 atom stereocenters. The number of amides is 1. The Morgan fingerprint density at radius 2 is 1.57 bits per heavy atom. The predicted octanol–water partition coefficient (Wildman–Crippen LogP) is 6.01. The zero-order valence-electron chi connectivity index (χ0n) is 18.0. The summed E-state index contributed by atoms with van der Waals surface area (Å²) in [6.07, 6.45) is 4.44. The Morgan fingerprint density at radius 3 is 2.27 bits per heavy atom. The molecule has 3 heteroatoms. The average Bonchev–Trinajstić information content (AvgIpc) is 2.80. The van der Waals surface area contributed by atoms with Crippen LogP contribution >= 0.6 is 0 Å². The molecule has 3 aromatic carbocycles. The lowest BCUT2D eigenvalue weighted by Crippen LogP contribution is -2.30. The molecule has 0 unspecified atom stereocenters. The molecular formula is C27H30N2O. The SMILES string of the molecule is CCN(CC)C(=O)c1ccc(C=C2CCN(c3cccc4ccccc34)CC2)cc1. The smallest absolute Gasteiger partial charge is 0.253 e. The summed E-state index contributed by atoms with van der Waals surface area (Å²) in [5.74, 6) is 0.114. The van der Waals surface area contributed by atoms with E-state index in [1.807, 2.05) is 30.9 Å². The highest BCUT2D eigenvalue weighted by Gasteiger charge is 2.16. The van der Waals surface area contributed by atoms with E-state index in [2.05, 4.69) is 65.6 Å². The monoisotopic (exact) mass is 398 g/mol. The van der Waals surface area contributed by atoms with Gasteiger partial charge in [0.2, 0.25) is 0 Å². The Bertz CT molecular complexity index is 1030. The summed E-state index contributed by atoms with van der Waals surface area (Å²) >= 11 is 0. The Morgan fingerprint density at radius 1 is 0.900 bits per heavy atom. The molecule has 3 aromatic rings. The molecule has 0 N–H and O–H groups in total. The lowest BCUT2D eigenvalue weighted by Gasteiger charge is -2.31. The summed E-state index contributed by atoms with van der Waals surface area (Å²) in [6, 6.07) is 23.3. The normalized spacial score (nSPS) is 14.1. The van der Waals surface area contributed by atoms with Crippen LogP contribution in [0.3, 0.4) is 0 Å². The summed E-state index contributed by atoms with van der Waals surface area (Å²) < 4.78 is 0. The molecule has 1 aliphatic heterocycles. The highest BCUT2D eigenvalue weighted by Crippen LogP contribution is 2.30. The standard InChI is InChI=1S/C27H30N2O/c1-3-28(4-2)27(30)24-14-12-21(13-15-24)20-22-16-18-29(19-17-22)26-11-7-9-23-8-5-6-10-25(23)26/h5-15,20H,3-4,16-19H2,1-2H3. The molecule has 1 aliphatic rings. The molecule has 1 fully saturated rings. The van der Waals surface area contributed by atoms with Gasteiger partial charge < -0.3 is 9.80 Å². The number of fused-ring (bicyclic) bond motifs is 1. The molecule has 1 saturated heterocycles. The number of carbonyl (C=O) groups excluding carboxylic acids is 1. The summed E-state index contributed by atoms with van der Waals surface area (Å²) in [5.41, 5.74) is 4.77. The maximum atomic E-state index is 12.5. The third-order valence-corrected chi connectivity index (χ3v) is 6.09. The molecule has 0 spiro atoms. The van der Waals surface area contributed by atoms with Crippen molar-refractivity contribution in [3.8, 4) is 0 Å². The molecule has 0 radical (unpaired) electrons. The second kappa shape index (κ2) is 9.17. The number of anilines is 1. The van der Waals surface area contributed by atoms with E-state index in [9.17, 15) is 4.79 Å². The van der Waals surface area contributed by atoms with Crippen molar-refractivity contribution in [2.24, 2.45) is 0 Å². The number of hydrogen-bond donors (Lipinski definition) is 0. The zero-order valence-corrected chi connectivity index (χ0v) is 18.0. The van der Waals surface area contributed by atoms with Gasteiger partial charge in [0, 0.05) is 42.8 Å². The first kappa shape index (κ1) is 20.2. The third-order valence-electron chi connectivity index (χ3n) is 6.09. The number of piperidine rings is 1. The van der Waals surface area contributed by atoms with Crippen LogP contribution in [0.2, 0.25) is 0 Å². The lowest BCUT2D eigenvalue weighted by atomic mass is 9.99. The first-order valence-electron chi connectivity index (χ1n) is 11.0. The van der Waals surface area contributed by atoms with Crippen molar-refractivity contribution >= 4 is 28.4 Å². The van der Waals surface area contributed by atoms with Crippen molar-refractivity contribution in [3.05, 3.63) is 83.4 Å². The van der Waals surface area contributed by atoms with Crippen LogP contribution in [0.1, 0.15) is 42.6 Å². The van der Waals surface area contributed by atoms with Crippen LogP contribution in [0.4, 0.5) is 5.69 Å². The Kier molecular flexibility index (Phi) is 6.18. The number of hydrogen-bond acceptors (Lipinski definition) is 2. The van der Waals surface area contributed by atoms with Gasteiger partial charge in [0.15, 0.2) is 0 Å². The van der Waals surface area contributed by atoms with Gasteiger partial charge in [0.1, 0.15) is 0 Å². The molecule has 3 nitrogen and oxygen atoms in total. The van der Waals surface area contributed by atoms with E-state index in [-0.39, 0.29) is 5.91 Å². The number of carbonyl (C=O) groups is 1. The zero-order chi connectivity index (χ0) is 20.9. The molecule has 0 bridgehead atoms. The fraction of sp³-hybridized carbons (Fsp3) is 0.296. The van der Waals surface area contributed by atoms with Crippen LogP contribution < -0.4 is 4.90 Å². The minimum absolute atomic E-state index is 0.114. The molecule has 0 aromatic heterocycles. The van der Waals surface area contributed by atoms with Crippen molar-refractivity contribution in [3.63, 3.8) is 0 Å². The van der Waals surface area contributed by atoms with Crippen LogP contribution in [0.5, 0.6) is 0 Å². The maximum Gasteiger partial charge on any atom is 0.253 e. The maximum absolute atomic E-state index is 12.5. The molecule has 0 aliphatic carbocycles. The Balaban J connectivity index is 1.43. The third kappa shape index (κ3) is 4.25. The van der Waals surface area contributed by atoms with Crippen molar-refractivity contribution in [1.29, 1.82) is 0 Å². The van der Waals surface area contributed by atoms with E-state index in [4.69, 9.17) is 0 Å². The molecule has 4 rings (SSSR count). The average molecular weight is 399 g/mol. The first-order valence-corrected chi connectivity index (χ1v) is 11.0. The van der Waals surface area contributed by atoms with Crippen LogP contribution in [-0.4, -0.2) is 37.0 Å². The summed E-state index contributed by atoms with van der Waals surface area (Å²) in [5, 5.41) is 2.64. The predicted molar refractivity (Wildman–Crippen MR) is 127 cm³/mol. The number of rotatable bonds is 5. The molecule has 154 valence electrons. The number of nitrogens with zero attached hydrogens (tertiary/aromatic N) is 2. The van der Waals surface area contributed by atoms with Gasteiger partial charge in [0.05, 0.1) is 0 Å². The van der Waals surface area contributed by atoms with Crippen molar-refractivity contribution < 1.29 is 4.79 Å². The van der Waals surface area contributed by atoms with Gasteiger partial charge in [-0.1, -0.05) is 60.2 Å². The van der Waals surface area contributed by atoms with Gasteiger partial charge >= 0.3 is 0 Å². The quantitative estimate of drug-likeness (QED) is 0.526. The largest absolute Gasteiger partial charge is 0.370 e. The van der Waals surface area contributed by atoms with Crippen molar-refractivity contribution in [2.45, 2.75) is 26.7 Å². The second-order valence-electron chi connectivity index (χ2n) is 7.89. The van der Waals surface area contributed by atoms with E-state index in [1.54, 1.807) is 0 Å². The minimum atomic E-state index is 0.114. The van der Waals surface area contributed by atoms with Gasteiger partial charge in [-0.05, 0) is 55.8 Å². The van der Waals surface area contributed by atoms with E-state index in [0.717, 1.165) is 44.6 Å². The van der Waals surface area contributed by atoms with Crippen LogP contribution in [0.25, 0.3) is 16.8 Å². The van der Waals surface area contributed by atoms with E-state index in [1.165, 1.54) is 27.6 Å². The van der Waals surface area contributed by atoms with Gasteiger partial charge in [-0.15, -0.1) is 0 Å². The topological polar surface area (TPSA) is 23.6 Å². The Labute approximate surface area is 179 Å². The summed E-state index contributed by atoms with van der Waals surface area (Å²) in [6.45, 7) is 7.61. The van der Waals surface area contributed by atoms with E-state index >= 15 is 0 Å².